The van der Waals surface area contributed by atoms with Crippen LogP contribution < -0.4 is 20.9 Å². The van der Waals surface area contributed by atoms with Crippen LogP contribution in [-0.2, 0) is 11.2 Å². The summed E-state index contributed by atoms with van der Waals surface area (Å²) in [5, 5.41) is 3.05. The molecular weight excluding hydrogens is 534 g/mol. The molecule has 3 amide bonds. The number of rotatable bonds is 4. The number of hydrogen-bond donors (Lipinski definition) is 2. The molecule has 1 atom stereocenters. The molecule has 0 bridgehead atoms. The molecule has 2 fully saturated rings. The second-order valence-electron chi connectivity index (χ2n) is 10.8. The fraction of sp³-hybridized carbons (Fsp3) is 0.433. The molecule has 2 aromatic rings. The van der Waals surface area contributed by atoms with Crippen molar-refractivity contribution in [3.63, 3.8) is 0 Å². The zero-order chi connectivity index (χ0) is 29.2. The van der Waals surface area contributed by atoms with Gasteiger partial charge < -0.3 is 24.8 Å². The summed E-state index contributed by atoms with van der Waals surface area (Å²) < 4.78 is 5.53. The maximum absolute atomic E-state index is 13.8. The third kappa shape index (κ3) is 5.59. The van der Waals surface area contributed by atoms with Gasteiger partial charge in [0, 0.05) is 74.4 Å². The maximum atomic E-state index is 13.8. The average Bonchev–Trinajstić information content (AvgIpc) is 3.32. The molecule has 42 heavy (non-hydrogen) atoms. The van der Waals surface area contributed by atoms with E-state index in [2.05, 4.69) is 39.0 Å². The lowest BCUT2D eigenvalue weighted by atomic mass is 10.0. The fourth-order valence-electron chi connectivity index (χ4n) is 5.52. The molecule has 0 spiro atoms. The Kier molecular flexibility index (Phi) is 7.88. The van der Waals surface area contributed by atoms with Gasteiger partial charge in [0.05, 0.1) is 18.9 Å². The molecule has 4 aliphatic heterocycles. The van der Waals surface area contributed by atoms with Crippen LogP contribution in [0.15, 0.2) is 29.3 Å². The van der Waals surface area contributed by atoms with E-state index in [0.717, 1.165) is 29.8 Å². The number of amides is 3. The lowest BCUT2D eigenvalue weighted by Gasteiger charge is -2.33. The molecule has 0 aliphatic carbocycles. The molecule has 3 N–H and O–H groups in total. The number of morpholine rings is 1. The number of ether oxygens (including phenoxy) is 1. The number of hydrogen-bond acceptors (Lipinski definition) is 9. The normalized spacial score (nSPS) is 20.4. The van der Waals surface area contributed by atoms with Crippen molar-refractivity contribution in [1.29, 1.82) is 0 Å². The van der Waals surface area contributed by atoms with Crippen molar-refractivity contribution in [3.8, 4) is 11.8 Å². The highest BCUT2D eigenvalue weighted by Crippen LogP contribution is 2.34. The van der Waals surface area contributed by atoms with Crippen LogP contribution in [0.25, 0.3) is 5.57 Å². The van der Waals surface area contributed by atoms with Crippen LogP contribution >= 0.6 is 0 Å². The van der Waals surface area contributed by atoms with Gasteiger partial charge in [-0.1, -0.05) is 17.9 Å². The van der Waals surface area contributed by atoms with Gasteiger partial charge in [0.25, 0.3) is 5.91 Å². The number of allylic oxidation sites excluding steroid dienone is 2. The molecule has 1 aromatic carbocycles. The Labute approximate surface area is 245 Å². The summed E-state index contributed by atoms with van der Waals surface area (Å²) in [6.07, 6.45) is 3.42. The highest BCUT2D eigenvalue weighted by atomic mass is 16.5. The smallest absolute Gasteiger partial charge is 0.327 e. The molecule has 6 rings (SSSR count). The van der Waals surface area contributed by atoms with Gasteiger partial charge in [-0.15, -0.1) is 0 Å². The van der Waals surface area contributed by atoms with Crippen LogP contribution in [0.2, 0.25) is 0 Å². The number of aliphatic imine (C=N–C) groups is 1. The Morgan fingerprint density at radius 3 is 2.64 bits per heavy atom. The van der Waals surface area contributed by atoms with Crippen LogP contribution in [0.1, 0.15) is 27.2 Å². The first kappa shape index (κ1) is 27.8. The van der Waals surface area contributed by atoms with E-state index in [9.17, 15) is 9.59 Å². The zero-order valence-electron chi connectivity index (χ0n) is 24.0. The number of nitrogens with zero attached hydrogens (tertiary/aromatic N) is 7. The minimum Gasteiger partial charge on any atom is -0.378 e. The molecule has 4 aliphatic rings. The SMILES string of the molecule is Cc1c(NC(=O)N2CCc3c(C4=CC#CC(N)N=C4)nc(N4CCOCC4)nc32)cccc1C(=O)N1CCN(C)CC1. The predicted octanol–water partition coefficient (Wildman–Crippen LogP) is 1.36. The monoisotopic (exact) mass is 569 g/mol. The molecule has 1 unspecified atom stereocenters. The second-order valence-corrected chi connectivity index (χ2v) is 10.8. The van der Waals surface area contributed by atoms with Gasteiger partial charge in [0.1, 0.15) is 5.82 Å². The third-order valence-electron chi connectivity index (χ3n) is 8.06. The van der Waals surface area contributed by atoms with E-state index in [1.54, 1.807) is 17.2 Å². The van der Waals surface area contributed by atoms with E-state index in [1.807, 2.05) is 30.0 Å². The summed E-state index contributed by atoms with van der Waals surface area (Å²) in [7, 11) is 2.06. The molecule has 1 aromatic heterocycles. The standard InChI is InChI=1S/C30H35N9O3/c1-20-22(28(40)37-13-11-36(2)12-14-37)6-4-7-24(20)33-30(41)39-10-9-23-26(21-5-3-8-25(31)32-19-21)34-29(35-27(23)39)38-15-17-42-18-16-38/h4-7,19,25H,9-18,31H2,1-2H3,(H,33,41). The topological polar surface area (TPSA) is 133 Å². The van der Waals surface area contributed by atoms with Gasteiger partial charge in [-0.25, -0.2) is 9.78 Å². The van der Waals surface area contributed by atoms with Crippen LogP contribution in [0.3, 0.4) is 0 Å². The van der Waals surface area contributed by atoms with Gasteiger partial charge in [0.2, 0.25) is 5.95 Å². The number of urea groups is 1. The number of carbonyl (C=O) groups is 2. The first-order valence-corrected chi connectivity index (χ1v) is 14.3. The van der Waals surface area contributed by atoms with Crippen molar-refractivity contribution in [1.82, 2.24) is 19.8 Å². The van der Waals surface area contributed by atoms with Crippen LogP contribution in [0.5, 0.6) is 0 Å². The minimum atomic E-state index is -0.600. The Morgan fingerprint density at radius 1 is 1.07 bits per heavy atom. The van der Waals surface area contributed by atoms with Gasteiger partial charge in [0.15, 0.2) is 6.17 Å². The van der Waals surface area contributed by atoms with Gasteiger partial charge in [-0.2, -0.15) is 4.98 Å². The minimum absolute atomic E-state index is 0.0168. The summed E-state index contributed by atoms with van der Waals surface area (Å²) >= 11 is 0. The molecule has 12 heteroatoms. The number of benzene rings is 1. The Balaban J connectivity index is 1.29. The lowest BCUT2D eigenvalue weighted by molar-refractivity contribution is 0.0663. The van der Waals surface area contributed by atoms with E-state index in [-0.39, 0.29) is 11.9 Å². The number of anilines is 3. The number of carbonyl (C=O) groups excluding carboxylic acids is 2. The maximum Gasteiger partial charge on any atom is 0.327 e. The second kappa shape index (κ2) is 11.9. The average molecular weight is 570 g/mol. The number of nitrogens with one attached hydrogen (secondary N) is 1. The summed E-state index contributed by atoms with van der Waals surface area (Å²) in [5.41, 5.74) is 10.1. The van der Waals surface area contributed by atoms with Crippen molar-refractivity contribution >= 4 is 41.2 Å². The van der Waals surface area contributed by atoms with E-state index in [1.165, 1.54) is 0 Å². The number of aromatic nitrogens is 2. The van der Waals surface area contributed by atoms with E-state index < -0.39 is 6.17 Å². The zero-order valence-corrected chi connectivity index (χ0v) is 24.0. The third-order valence-corrected chi connectivity index (χ3v) is 8.06. The van der Waals surface area contributed by atoms with Gasteiger partial charge in [-0.05, 0) is 44.2 Å². The van der Waals surface area contributed by atoms with Crippen LogP contribution in [0, 0.1) is 18.8 Å². The number of fused-ring (bicyclic) bond motifs is 1. The molecule has 5 heterocycles. The van der Waals surface area contributed by atoms with Gasteiger partial charge >= 0.3 is 6.03 Å². The quantitative estimate of drug-likeness (QED) is 0.528. The summed E-state index contributed by atoms with van der Waals surface area (Å²) in [4.78, 5) is 49.0. The van der Waals surface area contributed by atoms with E-state index in [0.29, 0.717) is 81.1 Å². The summed E-state index contributed by atoms with van der Waals surface area (Å²) in [6.45, 7) is 7.80. The Morgan fingerprint density at radius 2 is 1.86 bits per heavy atom. The number of piperazine rings is 1. The largest absolute Gasteiger partial charge is 0.378 e. The first-order valence-electron chi connectivity index (χ1n) is 14.3. The molecule has 2 saturated heterocycles. The highest BCUT2D eigenvalue weighted by molar-refractivity contribution is 6.12. The van der Waals surface area contributed by atoms with Crippen molar-refractivity contribution in [2.24, 2.45) is 10.7 Å². The number of nitrogens with two attached hydrogens (primary N) is 1. The van der Waals surface area contributed by atoms with Crippen LogP contribution in [0.4, 0.5) is 22.2 Å². The molecule has 218 valence electrons. The van der Waals surface area contributed by atoms with Crippen LogP contribution in [-0.4, -0.2) is 110 Å². The van der Waals surface area contributed by atoms with E-state index in [4.69, 9.17) is 20.4 Å². The summed E-state index contributed by atoms with van der Waals surface area (Å²) in [5.74, 6) is 6.89. The van der Waals surface area contributed by atoms with Gasteiger partial charge in [-0.3, -0.25) is 20.4 Å². The van der Waals surface area contributed by atoms with Crippen molar-refractivity contribution in [2.75, 3.05) is 81.2 Å². The lowest BCUT2D eigenvalue weighted by Crippen LogP contribution is -2.47. The fourth-order valence-corrected chi connectivity index (χ4v) is 5.52. The first-order chi connectivity index (χ1) is 20.4. The highest BCUT2D eigenvalue weighted by Gasteiger charge is 2.33. The predicted molar refractivity (Wildman–Crippen MR) is 162 cm³/mol. The molecule has 0 saturated carbocycles. The van der Waals surface area contributed by atoms with E-state index >= 15 is 0 Å². The van der Waals surface area contributed by atoms with Crippen molar-refractivity contribution in [2.45, 2.75) is 19.5 Å². The van der Waals surface area contributed by atoms with Crippen molar-refractivity contribution < 1.29 is 14.3 Å². The van der Waals surface area contributed by atoms with Crippen molar-refractivity contribution in [3.05, 3.63) is 46.7 Å². The molecule has 12 nitrogen and oxygen atoms in total. The molecular formula is C30H35N9O3. The Bertz CT molecular complexity index is 1510. The molecule has 0 radical (unpaired) electrons. The summed E-state index contributed by atoms with van der Waals surface area (Å²) in [6, 6.07) is 5.14. The number of likely N-dealkylation sites (N-methyl/N-ethyl adjacent to an activating group) is 1. The Hall–Kier alpha value is -4.31.